The molecule has 1 heterocycles. The molecule has 1 aliphatic heterocycles. The Balaban J connectivity index is 2.60. The van der Waals surface area contributed by atoms with Gasteiger partial charge in [0.1, 0.15) is 0 Å². The van der Waals surface area contributed by atoms with Crippen LogP contribution in [0.3, 0.4) is 0 Å². The summed E-state index contributed by atoms with van der Waals surface area (Å²) in [5.74, 6) is -1.11. The third kappa shape index (κ3) is 3.93. The summed E-state index contributed by atoms with van der Waals surface area (Å²) in [6.07, 6.45) is 1.98. The minimum Gasteiger partial charge on any atom is -0.480 e. The molecule has 0 bridgehead atoms. The first-order valence-corrected chi connectivity index (χ1v) is 7.34. The fourth-order valence-corrected chi connectivity index (χ4v) is 3.08. The van der Waals surface area contributed by atoms with E-state index < -0.39 is 21.2 Å². The lowest BCUT2D eigenvalue weighted by atomic mass is 9.94. The first-order chi connectivity index (χ1) is 7.84. The minimum absolute atomic E-state index is 0.222. The van der Waals surface area contributed by atoms with Gasteiger partial charge in [-0.3, -0.25) is 4.79 Å². The van der Waals surface area contributed by atoms with Crippen LogP contribution in [0.4, 0.5) is 0 Å². The van der Waals surface area contributed by atoms with Gasteiger partial charge in [0.15, 0.2) is 5.25 Å². The van der Waals surface area contributed by atoms with Gasteiger partial charge in [0, 0.05) is 6.04 Å². The number of carboxylic acid groups (broad SMARTS) is 1. The van der Waals surface area contributed by atoms with E-state index in [9.17, 15) is 13.2 Å². The number of nitrogens with one attached hydrogen (secondary N) is 2. The van der Waals surface area contributed by atoms with Gasteiger partial charge in [0.25, 0.3) is 0 Å². The fraction of sp³-hybridized carbons (Fsp3) is 0.900. The summed E-state index contributed by atoms with van der Waals surface area (Å²) in [7, 11) is -3.79. The van der Waals surface area contributed by atoms with E-state index in [4.69, 9.17) is 5.11 Å². The summed E-state index contributed by atoms with van der Waals surface area (Å²) in [4.78, 5) is 10.7. The Morgan fingerprint density at radius 3 is 2.59 bits per heavy atom. The van der Waals surface area contributed by atoms with Crippen LogP contribution in [0.1, 0.15) is 26.7 Å². The summed E-state index contributed by atoms with van der Waals surface area (Å²) in [6.45, 7) is 4.69. The Morgan fingerprint density at radius 1 is 1.47 bits per heavy atom. The first kappa shape index (κ1) is 14.4. The fourth-order valence-electron chi connectivity index (χ4n) is 1.90. The maximum atomic E-state index is 11.7. The van der Waals surface area contributed by atoms with Crippen molar-refractivity contribution in [3.63, 3.8) is 0 Å². The largest absolute Gasteiger partial charge is 0.480 e. The van der Waals surface area contributed by atoms with E-state index >= 15 is 0 Å². The van der Waals surface area contributed by atoms with Crippen molar-refractivity contribution < 1.29 is 18.3 Å². The predicted octanol–water partition coefficient (Wildman–Crippen LogP) is -0.233. The van der Waals surface area contributed by atoms with Crippen LogP contribution >= 0.6 is 0 Å². The molecule has 0 aromatic rings. The summed E-state index contributed by atoms with van der Waals surface area (Å²) in [6, 6.07) is -0.241. The van der Waals surface area contributed by atoms with Crippen LogP contribution in [-0.2, 0) is 14.8 Å². The maximum Gasteiger partial charge on any atom is 0.323 e. The molecule has 0 aliphatic carbocycles. The van der Waals surface area contributed by atoms with Crippen LogP contribution in [0.15, 0.2) is 0 Å². The van der Waals surface area contributed by atoms with Gasteiger partial charge < -0.3 is 10.4 Å². The molecule has 1 saturated heterocycles. The summed E-state index contributed by atoms with van der Waals surface area (Å²) < 4.78 is 25.9. The molecule has 0 aromatic carbocycles. The number of rotatable bonds is 5. The van der Waals surface area contributed by atoms with Crippen LogP contribution in [0.2, 0.25) is 0 Å². The highest BCUT2D eigenvalue weighted by Crippen LogP contribution is 2.15. The zero-order chi connectivity index (χ0) is 13.1. The number of hydrogen-bond donors (Lipinski definition) is 3. The second-order valence-corrected chi connectivity index (χ2v) is 6.57. The highest BCUT2D eigenvalue weighted by atomic mass is 32.2. The number of sulfonamides is 1. The van der Waals surface area contributed by atoms with Crippen molar-refractivity contribution >= 4 is 16.0 Å². The Hall–Kier alpha value is -0.660. The average molecular weight is 264 g/mol. The molecule has 1 aliphatic rings. The molecule has 3 unspecified atom stereocenters. The number of carboxylic acids is 1. The van der Waals surface area contributed by atoms with Crippen LogP contribution < -0.4 is 10.0 Å². The predicted molar refractivity (Wildman–Crippen MR) is 64.2 cm³/mol. The molecule has 0 amide bonds. The SMILES string of the molecule is CC(NS(=O)(=O)C(C)C(=O)O)C1CCCNC1. The molecule has 17 heavy (non-hydrogen) atoms. The number of hydrogen-bond acceptors (Lipinski definition) is 4. The van der Waals surface area contributed by atoms with Crippen LogP contribution in [0.5, 0.6) is 0 Å². The highest BCUT2D eigenvalue weighted by molar-refractivity contribution is 7.90. The van der Waals surface area contributed by atoms with E-state index in [1.165, 1.54) is 6.92 Å². The quantitative estimate of drug-likeness (QED) is 0.637. The van der Waals surface area contributed by atoms with Crippen molar-refractivity contribution in [1.29, 1.82) is 0 Å². The highest BCUT2D eigenvalue weighted by Gasteiger charge is 2.31. The van der Waals surface area contributed by atoms with Gasteiger partial charge in [-0.05, 0) is 45.7 Å². The van der Waals surface area contributed by atoms with Gasteiger partial charge in [0.05, 0.1) is 0 Å². The molecule has 1 rings (SSSR count). The molecule has 0 saturated carbocycles. The zero-order valence-corrected chi connectivity index (χ0v) is 11.0. The lowest BCUT2D eigenvalue weighted by molar-refractivity contribution is -0.136. The molecular weight excluding hydrogens is 244 g/mol. The van der Waals surface area contributed by atoms with E-state index in [1.54, 1.807) is 6.92 Å². The van der Waals surface area contributed by atoms with E-state index in [0.717, 1.165) is 25.9 Å². The minimum atomic E-state index is -3.79. The van der Waals surface area contributed by atoms with Crippen LogP contribution in [0, 0.1) is 5.92 Å². The third-order valence-corrected chi connectivity index (χ3v) is 5.04. The smallest absolute Gasteiger partial charge is 0.323 e. The molecule has 100 valence electrons. The van der Waals surface area contributed by atoms with Crippen LogP contribution in [-0.4, -0.2) is 43.9 Å². The Labute approximate surface area is 102 Å². The first-order valence-electron chi connectivity index (χ1n) is 5.79. The summed E-state index contributed by atoms with van der Waals surface area (Å²) in [5.41, 5.74) is 0. The van der Waals surface area contributed by atoms with E-state index in [0.29, 0.717) is 0 Å². The molecule has 6 nitrogen and oxygen atoms in total. The topological polar surface area (TPSA) is 95.5 Å². The van der Waals surface area contributed by atoms with Gasteiger partial charge in [-0.25, -0.2) is 13.1 Å². The zero-order valence-electron chi connectivity index (χ0n) is 10.1. The number of piperidine rings is 1. The molecule has 0 spiro atoms. The average Bonchev–Trinajstić information content (AvgIpc) is 2.28. The summed E-state index contributed by atoms with van der Waals surface area (Å²) in [5, 5.41) is 10.5. The molecule has 0 radical (unpaired) electrons. The second-order valence-electron chi connectivity index (χ2n) is 4.54. The van der Waals surface area contributed by atoms with Crippen molar-refractivity contribution in [1.82, 2.24) is 10.0 Å². The normalized spacial score (nSPS) is 25.2. The van der Waals surface area contributed by atoms with E-state index in [2.05, 4.69) is 10.0 Å². The standard InChI is InChI=1S/C10H20N2O4S/c1-7(9-4-3-5-11-6-9)12-17(15,16)8(2)10(13)14/h7-9,11-12H,3-6H2,1-2H3,(H,13,14). The van der Waals surface area contributed by atoms with Crippen molar-refractivity contribution in [3.8, 4) is 0 Å². The molecule has 7 heteroatoms. The van der Waals surface area contributed by atoms with Gasteiger partial charge >= 0.3 is 5.97 Å². The monoisotopic (exact) mass is 264 g/mol. The second kappa shape index (κ2) is 5.79. The van der Waals surface area contributed by atoms with Gasteiger partial charge in [0.2, 0.25) is 10.0 Å². The Morgan fingerprint density at radius 2 is 2.12 bits per heavy atom. The number of aliphatic carboxylic acids is 1. The third-order valence-electron chi connectivity index (χ3n) is 3.21. The maximum absolute atomic E-state index is 11.7. The van der Waals surface area contributed by atoms with Crippen molar-refractivity contribution in [2.24, 2.45) is 5.92 Å². The number of carbonyl (C=O) groups is 1. The molecule has 3 N–H and O–H groups in total. The van der Waals surface area contributed by atoms with Crippen molar-refractivity contribution in [2.45, 2.75) is 38.0 Å². The van der Waals surface area contributed by atoms with E-state index in [-0.39, 0.29) is 12.0 Å². The lowest BCUT2D eigenvalue weighted by Gasteiger charge is -2.29. The molecule has 1 fully saturated rings. The van der Waals surface area contributed by atoms with Crippen LogP contribution in [0.25, 0.3) is 0 Å². The van der Waals surface area contributed by atoms with Crippen molar-refractivity contribution in [3.05, 3.63) is 0 Å². The van der Waals surface area contributed by atoms with Crippen molar-refractivity contribution in [2.75, 3.05) is 13.1 Å². The molecular formula is C10H20N2O4S. The summed E-state index contributed by atoms with van der Waals surface area (Å²) >= 11 is 0. The van der Waals surface area contributed by atoms with Gasteiger partial charge in [-0.1, -0.05) is 0 Å². The van der Waals surface area contributed by atoms with Gasteiger partial charge in [-0.15, -0.1) is 0 Å². The molecule has 3 atom stereocenters. The Kier molecular flexibility index (Phi) is 4.91. The lowest BCUT2D eigenvalue weighted by Crippen LogP contribution is -2.48. The Bertz CT molecular complexity index is 363. The van der Waals surface area contributed by atoms with E-state index in [1.807, 2.05) is 0 Å². The van der Waals surface area contributed by atoms with Gasteiger partial charge in [-0.2, -0.15) is 0 Å². The molecule has 0 aromatic heterocycles.